The molecule has 34 heavy (non-hydrogen) atoms. The van der Waals surface area contributed by atoms with Crippen LogP contribution >= 0.6 is 0 Å². The highest BCUT2D eigenvalue weighted by Crippen LogP contribution is 2.42. The standard InChI is InChI=1S/C24H29F2NO6S/c1-31-20-11-16(12-21(32-2)22(20)33-3)15-27-9-7-24(23(27)28,8-10-34(4,29)30)14-17-5-6-18(25)13-19(17)26/h5-6,11-13H,7-10,14-15H2,1-4H3. The highest BCUT2D eigenvalue weighted by Gasteiger charge is 2.47. The monoisotopic (exact) mass is 497 g/mol. The molecule has 0 aliphatic carbocycles. The first-order valence-corrected chi connectivity index (χ1v) is 12.8. The molecule has 0 radical (unpaired) electrons. The summed E-state index contributed by atoms with van der Waals surface area (Å²) in [4.78, 5) is 15.2. The molecule has 7 nitrogen and oxygen atoms in total. The van der Waals surface area contributed by atoms with E-state index in [0.29, 0.717) is 30.2 Å². The second-order valence-electron chi connectivity index (χ2n) is 8.58. The van der Waals surface area contributed by atoms with Gasteiger partial charge in [-0.25, -0.2) is 17.2 Å². The lowest BCUT2D eigenvalue weighted by Gasteiger charge is -2.28. The van der Waals surface area contributed by atoms with Gasteiger partial charge in [-0.3, -0.25) is 4.79 Å². The van der Waals surface area contributed by atoms with Crippen molar-refractivity contribution in [2.24, 2.45) is 5.41 Å². The molecule has 1 aliphatic rings. The Morgan fingerprint density at radius 2 is 1.68 bits per heavy atom. The Morgan fingerprint density at radius 1 is 1.03 bits per heavy atom. The van der Waals surface area contributed by atoms with Crippen LogP contribution in [0.2, 0.25) is 0 Å². The van der Waals surface area contributed by atoms with E-state index in [2.05, 4.69) is 0 Å². The summed E-state index contributed by atoms with van der Waals surface area (Å²) >= 11 is 0. The number of rotatable bonds is 10. The Balaban J connectivity index is 1.91. The molecule has 10 heteroatoms. The molecule has 1 unspecified atom stereocenters. The van der Waals surface area contributed by atoms with Crippen LogP contribution in [0, 0.1) is 17.0 Å². The predicted molar refractivity (Wildman–Crippen MR) is 123 cm³/mol. The maximum absolute atomic E-state index is 14.4. The molecule has 0 saturated carbocycles. The van der Waals surface area contributed by atoms with E-state index in [4.69, 9.17) is 14.2 Å². The van der Waals surface area contributed by atoms with Crippen LogP contribution < -0.4 is 14.2 Å². The Bertz CT molecular complexity index is 1150. The summed E-state index contributed by atoms with van der Waals surface area (Å²) in [6.07, 6.45) is 1.49. The minimum atomic E-state index is -3.36. The zero-order valence-corrected chi connectivity index (χ0v) is 20.5. The fourth-order valence-electron chi connectivity index (χ4n) is 4.39. The van der Waals surface area contributed by atoms with Gasteiger partial charge in [0, 0.05) is 25.4 Å². The molecule has 1 atom stereocenters. The van der Waals surface area contributed by atoms with Crippen molar-refractivity contribution in [3.8, 4) is 17.2 Å². The minimum absolute atomic E-state index is 0.0147. The maximum atomic E-state index is 14.4. The molecule has 186 valence electrons. The number of ether oxygens (including phenoxy) is 3. The van der Waals surface area contributed by atoms with Crippen molar-refractivity contribution in [2.45, 2.75) is 25.8 Å². The van der Waals surface area contributed by atoms with Crippen LogP contribution in [0.5, 0.6) is 17.2 Å². The van der Waals surface area contributed by atoms with E-state index in [0.717, 1.165) is 24.0 Å². The lowest BCUT2D eigenvalue weighted by Crippen LogP contribution is -2.37. The van der Waals surface area contributed by atoms with Gasteiger partial charge in [0.05, 0.1) is 32.5 Å². The predicted octanol–water partition coefficient (Wildman–Crippen LogP) is 3.39. The summed E-state index contributed by atoms with van der Waals surface area (Å²) in [5, 5.41) is 0. The van der Waals surface area contributed by atoms with Crippen LogP contribution in [0.25, 0.3) is 0 Å². The van der Waals surface area contributed by atoms with Gasteiger partial charge in [0.2, 0.25) is 11.7 Å². The molecule has 0 aromatic heterocycles. The number of halogens is 2. The number of sulfone groups is 1. The van der Waals surface area contributed by atoms with E-state index >= 15 is 0 Å². The average molecular weight is 498 g/mol. The van der Waals surface area contributed by atoms with E-state index < -0.39 is 26.9 Å². The molecule has 3 rings (SSSR count). The zero-order valence-electron chi connectivity index (χ0n) is 19.7. The SMILES string of the molecule is COc1cc(CN2CCC(CCS(C)(=O)=O)(Cc3ccc(F)cc3F)C2=O)cc(OC)c1OC. The first kappa shape index (κ1) is 25.7. The lowest BCUT2D eigenvalue weighted by molar-refractivity contribution is -0.136. The van der Waals surface area contributed by atoms with Crippen molar-refractivity contribution in [3.05, 3.63) is 53.1 Å². The van der Waals surface area contributed by atoms with Gasteiger partial charge in [-0.1, -0.05) is 6.07 Å². The van der Waals surface area contributed by atoms with Crippen molar-refractivity contribution in [2.75, 3.05) is 39.9 Å². The van der Waals surface area contributed by atoms with Gasteiger partial charge in [-0.2, -0.15) is 0 Å². The summed E-state index contributed by atoms with van der Waals surface area (Å²) in [6.45, 7) is 0.587. The molecule has 1 aliphatic heterocycles. The third-order valence-electron chi connectivity index (χ3n) is 6.19. The van der Waals surface area contributed by atoms with Gasteiger partial charge >= 0.3 is 0 Å². The van der Waals surface area contributed by atoms with E-state index in [1.165, 1.54) is 27.4 Å². The van der Waals surface area contributed by atoms with E-state index in [1.807, 2.05) is 0 Å². The highest BCUT2D eigenvalue weighted by molar-refractivity contribution is 7.90. The molecule has 0 spiro atoms. The second-order valence-corrected chi connectivity index (χ2v) is 10.8. The van der Waals surface area contributed by atoms with E-state index in [1.54, 1.807) is 17.0 Å². The third-order valence-corrected chi connectivity index (χ3v) is 7.14. The maximum Gasteiger partial charge on any atom is 0.229 e. The molecule has 0 N–H and O–H groups in total. The van der Waals surface area contributed by atoms with Crippen LogP contribution in [-0.4, -0.2) is 59.1 Å². The van der Waals surface area contributed by atoms with Crippen LogP contribution in [-0.2, 0) is 27.6 Å². The van der Waals surface area contributed by atoms with Gasteiger partial charge in [-0.15, -0.1) is 0 Å². The van der Waals surface area contributed by atoms with Gasteiger partial charge in [-0.05, 0) is 48.6 Å². The van der Waals surface area contributed by atoms with Crippen LogP contribution in [0.3, 0.4) is 0 Å². The number of carbonyl (C=O) groups is 1. The molecular formula is C24H29F2NO6S. The zero-order chi connectivity index (χ0) is 25.1. The van der Waals surface area contributed by atoms with Crippen LogP contribution in [0.1, 0.15) is 24.0 Å². The van der Waals surface area contributed by atoms with Crippen molar-refractivity contribution in [1.29, 1.82) is 0 Å². The number of methoxy groups -OCH3 is 3. The molecule has 0 bridgehead atoms. The topological polar surface area (TPSA) is 82.1 Å². The Labute approximate surface area is 198 Å². The smallest absolute Gasteiger partial charge is 0.229 e. The van der Waals surface area contributed by atoms with Crippen LogP contribution in [0.15, 0.2) is 30.3 Å². The molecule has 1 fully saturated rings. The quantitative estimate of drug-likeness (QED) is 0.501. The number of benzene rings is 2. The number of hydrogen-bond acceptors (Lipinski definition) is 6. The van der Waals surface area contributed by atoms with Crippen molar-refractivity contribution in [1.82, 2.24) is 4.90 Å². The number of nitrogens with zero attached hydrogens (tertiary/aromatic N) is 1. The molecule has 2 aromatic carbocycles. The number of likely N-dealkylation sites (tertiary alicyclic amines) is 1. The van der Waals surface area contributed by atoms with E-state index in [9.17, 15) is 22.0 Å². The minimum Gasteiger partial charge on any atom is -0.493 e. The van der Waals surface area contributed by atoms with Gasteiger partial charge in [0.1, 0.15) is 21.5 Å². The largest absolute Gasteiger partial charge is 0.493 e. The number of amides is 1. The summed E-state index contributed by atoms with van der Waals surface area (Å²) in [5.74, 6) is -0.632. The Hall–Kier alpha value is -2.88. The molecule has 2 aromatic rings. The first-order chi connectivity index (χ1) is 16.0. The van der Waals surface area contributed by atoms with Crippen molar-refractivity contribution in [3.63, 3.8) is 0 Å². The van der Waals surface area contributed by atoms with Gasteiger partial charge in [0.15, 0.2) is 11.5 Å². The first-order valence-electron chi connectivity index (χ1n) is 10.7. The Morgan fingerprint density at radius 3 is 2.21 bits per heavy atom. The summed E-state index contributed by atoms with van der Waals surface area (Å²) in [5.41, 5.74) is -0.199. The molecular weight excluding hydrogens is 468 g/mol. The molecule has 1 saturated heterocycles. The molecule has 1 amide bonds. The summed E-state index contributed by atoms with van der Waals surface area (Å²) in [6, 6.07) is 6.69. The summed E-state index contributed by atoms with van der Waals surface area (Å²) < 4.78 is 67.7. The normalized spacial score (nSPS) is 18.3. The van der Waals surface area contributed by atoms with Gasteiger partial charge < -0.3 is 19.1 Å². The second kappa shape index (κ2) is 10.2. The van der Waals surface area contributed by atoms with Crippen LogP contribution in [0.4, 0.5) is 8.78 Å². The summed E-state index contributed by atoms with van der Waals surface area (Å²) in [7, 11) is 1.13. The number of carbonyl (C=O) groups excluding carboxylic acids is 1. The Kier molecular flexibility index (Phi) is 7.70. The van der Waals surface area contributed by atoms with Gasteiger partial charge in [0.25, 0.3) is 0 Å². The molecule has 1 heterocycles. The van der Waals surface area contributed by atoms with Crippen molar-refractivity contribution < 1.29 is 36.2 Å². The highest BCUT2D eigenvalue weighted by atomic mass is 32.2. The van der Waals surface area contributed by atoms with E-state index in [-0.39, 0.29) is 36.6 Å². The lowest BCUT2D eigenvalue weighted by atomic mass is 9.77. The third kappa shape index (κ3) is 5.60. The average Bonchev–Trinajstić information content (AvgIpc) is 3.08. The fraction of sp³-hybridized carbons (Fsp3) is 0.458. The number of hydrogen-bond donors (Lipinski definition) is 0. The fourth-order valence-corrected chi connectivity index (χ4v) is 5.15. The van der Waals surface area contributed by atoms with Crippen molar-refractivity contribution >= 4 is 15.7 Å².